The first-order valence-corrected chi connectivity index (χ1v) is 5.99. The number of aliphatic hydroxyl groups excluding tert-OH is 5. The molecule has 84 valence electrons. The van der Waals surface area contributed by atoms with E-state index in [9.17, 15) is 20.4 Å². The van der Waals surface area contributed by atoms with E-state index >= 15 is 0 Å². The quantitative estimate of drug-likeness (QED) is 0.231. The second-order valence-corrected chi connectivity index (χ2v) is 5.81. The van der Waals surface area contributed by atoms with Crippen molar-refractivity contribution in [3.05, 3.63) is 0 Å². The summed E-state index contributed by atoms with van der Waals surface area (Å²) in [6.07, 6.45) is -6.52. The minimum absolute atomic E-state index is 0.732. The van der Waals surface area contributed by atoms with Gasteiger partial charge in [-0.15, -0.1) is 0 Å². The molecule has 0 amide bonds. The molecule has 0 aromatic carbocycles. The Morgan fingerprint density at radius 3 is 1.86 bits per heavy atom. The Bertz CT molecular complexity index is 199. The van der Waals surface area contributed by atoms with Gasteiger partial charge < -0.3 is 30.6 Å². The third kappa shape index (κ3) is 2.52. The summed E-state index contributed by atoms with van der Waals surface area (Å²) in [5, 5.41) is 54.6. The van der Waals surface area contributed by atoms with E-state index in [-0.39, 0.29) is 0 Å². The fraction of sp³-hybridized carbons (Fsp3) is 1.00. The van der Waals surface area contributed by atoms with Gasteiger partial charge in [0.25, 0.3) is 0 Å². The summed E-state index contributed by atoms with van der Waals surface area (Å²) in [5.74, 6) is 0. The van der Waals surface area contributed by atoms with E-state index in [1.165, 1.54) is 0 Å². The summed E-state index contributed by atoms with van der Waals surface area (Å²) in [6, 6.07) is 0. The molecule has 0 aromatic heterocycles. The summed E-state index contributed by atoms with van der Waals surface area (Å²) >= 11 is 0. The SMILES string of the molecule is OC[C@H](O)[C@@H](O)[C@H](O)[C@@H](O)C1(O)SS1. The predicted molar refractivity (Wildman–Crippen MR) is 51.2 cm³/mol. The molecule has 1 saturated heterocycles. The molecule has 1 aliphatic rings. The second-order valence-electron chi connectivity index (χ2n) is 2.97. The first kappa shape index (κ1) is 12.5. The highest BCUT2D eigenvalue weighted by Crippen LogP contribution is 2.65. The van der Waals surface area contributed by atoms with Crippen LogP contribution in [0.5, 0.6) is 0 Å². The smallest absolute Gasteiger partial charge is 0.206 e. The van der Waals surface area contributed by atoms with Crippen LogP contribution in [0.1, 0.15) is 0 Å². The van der Waals surface area contributed by atoms with Crippen LogP contribution in [0.2, 0.25) is 0 Å². The third-order valence-electron chi connectivity index (χ3n) is 1.88. The van der Waals surface area contributed by atoms with E-state index in [0.717, 1.165) is 21.6 Å². The summed E-state index contributed by atoms with van der Waals surface area (Å²) in [6.45, 7) is -0.732. The highest BCUT2D eigenvalue weighted by molar-refractivity contribution is 8.93. The monoisotopic (exact) mass is 244 g/mol. The second kappa shape index (κ2) is 4.54. The van der Waals surface area contributed by atoms with Crippen molar-refractivity contribution in [2.75, 3.05) is 6.61 Å². The van der Waals surface area contributed by atoms with Crippen LogP contribution < -0.4 is 0 Å². The summed E-state index contributed by atoms with van der Waals surface area (Å²) < 4.78 is -1.52. The highest BCUT2D eigenvalue weighted by atomic mass is 33.2. The molecule has 0 radical (unpaired) electrons. The van der Waals surface area contributed by atoms with Gasteiger partial charge >= 0.3 is 0 Å². The Morgan fingerprint density at radius 2 is 1.50 bits per heavy atom. The number of hydrogen-bond acceptors (Lipinski definition) is 8. The maximum absolute atomic E-state index is 9.34. The molecule has 0 aromatic rings. The molecule has 6 N–H and O–H groups in total. The van der Waals surface area contributed by atoms with Crippen molar-refractivity contribution in [1.29, 1.82) is 0 Å². The van der Waals surface area contributed by atoms with Gasteiger partial charge in [0.15, 0.2) is 0 Å². The van der Waals surface area contributed by atoms with Gasteiger partial charge in [-0.2, -0.15) is 0 Å². The largest absolute Gasteiger partial charge is 0.394 e. The topological polar surface area (TPSA) is 121 Å². The van der Waals surface area contributed by atoms with Crippen molar-refractivity contribution < 1.29 is 30.6 Å². The van der Waals surface area contributed by atoms with Crippen LogP contribution in [-0.2, 0) is 0 Å². The zero-order valence-electron chi connectivity index (χ0n) is 7.02. The molecule has 14 heavy (non-hydrogen) atoms. The van der Waals surface area contributed by atoms with Gasteiger partial charge in [-0.05, 0) is 21.6 Å². The summed E-state index contributed by atoms with van der Waals surface area (Å²) in [7, 11) is 1.90. The average molecular weight is 244 g/mol. The predicted octanol–water partition coefficient (Wildman–Crippen LogP) is -2.54. The highest BCUT2D eigenvalue weighted by Gasteiger charge is 2.55. The molecular weight excluding hydrogens is 232 g/mol. The van der Waals surface area contributed by atoms with Crippen LogP contribution in [-0.4, -0.2) is 65.9 Å². The molecule has 1 fully saturated rings. The standard InChI is InChI=1S/C6H12O6S2/c7-1-2(8)3(9)4(10)5(11)6(12)13-14-6/h2-5,7-12H,1H2/t2-,3+,4-,5+/m0/s1. The number of rotatable bonds is 5. The Hall–Kier alpha value is 0.460. The van der Waals surface area contributed by atoms with Gasteiger partial charge in [-0.1, -0.05) is 0 Å². The van der Waals surface area contributed by atoms with Crippen LogP contribution in [0.15, 0.2) is 0 Å². The van der Waals surface area contributed by atoms with Gasteiger partial charge in [0.1, 0.15) is 24.4 Å². The fourth-order valence-corrected chi connectivity index (χ4v) is 2.29. The lowest BCUT2D eigenvalue weighted by atomic mass is 10.0. The zero-order valence-corrected chi connectivity index (χ0v) is 8.65. The van der Waals surface area contributed by atoms with Gasteiger partial charge in [-0.3, -0.25) is 0 Å². The van der Waals surface area contributed by atoms with E-state index in [1.807, 2.05) is 0 Å². The molecule has 6 nitrogen and oxygen atoms in total. The van der Waals surface area contributed by atoms with Crippen molar-refractivity contribution >= 4 is 21.6 Å². The first-order chi connectivity index (χ1) is 6.42. The van der Waals surface area contributed by atoms with Gasteiger partial charge in [0, 0.05) is 0 Å². The molecule has 4 atom stereocenters. The maximum atomic E-state index is 9.34. The van der Waals surface area contributed by atoms with E-state index in [2.05, 4.69) is 0 Å². The van der Waals surface area contributed by atoms with Crippen molar-refractivity contribution in [3.8, 4) is 0 Å². The van der Waals surface area contributed by atoms with Crippen molar-refractivity contribution in [2.24, 2.45) is 0 Å². The molecule has 1 heterocycles. The Labute approximate surface area is 88.0 Å². The lowest BCUT2D eigenvalue weighted by Gasteiger charge is -2.26. The van der Waals surface area contributed by atoms with Crippen LogP contribution in [0.25, 0.3) is 0 Å². The average Bonchev–Trinajstić information content (AvgIpc) is 2.93. The third-order valence-corrected chi connectivity index (χ3v) is 4.40. The van der Waals surface area contributed by atoms with Gasteiger partial charge in [0.2, 0.25) is 4.27 Å². The molecule has 0 bridgehead atoms. The zero-order chi connectivity index (χ0) is 10.9. The molecule has 0 aliphatic carbocycles. The molecule has 0 unspecified atom stereocenters. The van der Waals surface area contributed by atoms with Gasteiger partial charge in [0.05, 0.1) is 6.61 Å². The Balaban J connectivity index is 2.51. The van der Waals surface area contributed by atoms with Gasteiger partial charge in [-0.25, -0.2) is 0 Å². The van der Waals surface area contributed by atoms with Crippen molar-refractivity contribution in [3.63, 3.8) is 0 Å². The maximum Gasteiger partial charge on any atom is 0.206 e. The molecule has 8 heteroatoms. The van der Waals surface area contributed by atoms with Crippen molar-refractivity contribution in [1.82, 2.24) is 0 Å². The molecule has 0 spiro atoms. The van der Waals surface area contributed by atoms with Crippen LogP contribution in [0, 0.1) is 0 Å². The molecule has 0 saturated carbocycles. The van der Waals surface area contributed by atoms with Crippen LogP contribution in [0.3, 0.4) is 0 Å². The summed E-state index contributed by atoms with van der Waals surface area (Å²) in [5.41, 5.74) is 0. The number of aliphatic hydroxyl groups is 6. The number of hydrogen-bond donors (Lipinski definition) is 6. The molecule has 1 rings (SSSR count). The van der Waals surface area contributed by atoms with E-state index < -0.39 is 35.3 Å². The minimum Gasteiger partial charge on any atom is -0.394 e. The lowest BCUT2D eigenvalue weighted by Crippen LogP contribution is -2.50. The van der Waals surface area contributed by atoms with E-state index in [4.69, 9.17) is 10.2 Å². The Kier molecular flexibility index (Phi) is 4.06. The Morgan fingerprint density at radius 1 is 1.00 bits per heavy atom. The van der Waals surface area contributed by atoms with E-state index in [0.29, 0.717) is 0 Å². The fourth-order valence-electron chi connectivity index (χ4n) is 0.879. The minimum atomic E-state index is -1.70. The molecular formula is C6H12O6S2. The first-order valence-electron chi connectivity index (χ1n) is 3.84. The normalized spacial score (nSPS) is 27.9. The van der Waals surface area contributed by atoms with Crippen LogP contribution >= 0.6 is 21.6 Å². The summed E-state index contributed by atoms with van der Waals surface area (Å²) in [4.78, 5) is 0. The van der Waals surface area contributed by atoms with Crippen molar-refractivity contribution in [2.45, 2.75) is 28.7 Å². The lowest BCUT2D eigenvalue weighted by molar-refractivity contribution is -0.131. The van der Waals surface area contributed by atoms with E-state index in [1.54, 1.807) is 0 Å². The van der Waals surface area contributed by atoms with Crippen LogP contribution in [0.4, 0.5) is 0 Å². The molecule has 1 aliphatic heterocycles.